The standard InChI is InChI=1S/C29H52O2/c1-7-29(31)18-21-17-22(30)13-15-27(21,5)25-14-16-28(6)23(11-12-24(28)26(25)29)20(4)10-8-9-19(2)3/h19-26,30-31H,7-18H2,1-6H3/t20-,21?,22?,23-,24+,25+,26+,27+,28-,29?/m1/s1. The van der Waals surface area contributed by atoms with E-state index in [1.54, 1.807) is 0 Å². The largest absolute Gasteiger partial charge is 0.393 e. The zero-order valence-electron chi connectivity index (χ0n) is 21.5. The van der Waals surface area contributed by atoms with Crippen molar-refractivity contribution in [3.63, 3.8) is 0 Å². The topological polar surface area (TPSA) is 40.5 Å². The highest BCUT2D eigenvalue weighted by atomic mass is 16.3. The number of hydrogen-bond acceptors (Lipinski definition) is 2. The van der Waals surface area contributed by atoms with Crippen LogP contribution in [0.2, 0.25) is 0 Å². The van der Waals surface area contributed by atoms with Crippen LogP contribution in [0.1, 0.15) is 119 Å². The maximum atomic E-state index is 12.1. The summed E-state index contributed by atoms with van der Waals surface area (Å²) in [5, 5.41) is 22.5. The molecule has 4 rings (SSSR count). The van der Waals surface area contributed by atoms with Gasteiger partial charge < -0.3 is 10.2 Å². The molecule has 0 spiro atoms. The van der Waals surface area contributed by atoms with Crippen LogP contribution in [0, 0.1) is 52.3 Å². The SMILES string of the molecule is CCC1(O)CC2CC(O)CC[C@]2(C)[C@H]2CC[C@]3(C)[C@@H]([C@H](C)CCCC(C)C)CC[C@H]3[C@@H]21. The predicted molar refractivity (Wildman–Crippen MR) is 130 cm³/mol. The number of fused-ring (bicyclic) bond motifs is 5. The Morgan fingerprint density at radius 3 is 2.26 bits per heavy atom. The van der Waals surface area contributed by atoms with Gasteiger partial charge in [0.2, 0.25) is 0 Å². The van der Waals surface area contributed by atoms with Gasteiger partial charge in [-0.3, -0.25) is 0 Å². The van der Waals surface area contributed by atoms with Gasteiger partial charge in [0.1, 0.15) is 0 Å². The molecule has 3 unspecified atom stereocenters. The Bertz CT molecular complexity index is 630. The van der Waals surface area contributed by atoms with Crippen LogP contribution < -0.4 is 0 Å². The molecule has 0 bridgehead atoms. The van der Waals surface area contributed by atoms with Crippen LogP contribution in [-0.2, 0) is 0 Å². The smallest absolute Gasteiger partial charge is 0.0681 e. The number of rotatable bonds is 6. The highest BCUT2D eigenvalue weighted by Gasteiger charge is 2.66. The van der Waals surface area contributed by atoms with E-state index in [0.717, 1.165) is 49.9 Å². The molecule has 180 valence electrons. The first kappa shape index (κ1) is 24.1. The fourth-order valence-corrected chi connectivity index (χ4v) is 9.80. The first-order valence-electron chi connectivity index (χ1n) is 14.0. The first-order valence-corrected chi connectivity index (χ1v) is 14.0. The van der Waals surface area contributed by atoms with Gasteiger partial charge in [-0.05, 0) is 110 Å². The molecule has 0 aliphatic heterocycles. The van der Waals surface area contributed by atoms with E-state index in [9.17, 15) is 10.2 Å². The summed E-state index contributed by atoms with van der Waals surface area (Å²) in [7, 11) is 0. The molecule has 2 heteroatoms. The van der Waals surface area contributed by atoms with Crippen molar-refractivity contribution in [2.45, 2.75) is 130 Å². The van der Waals surface area contributed by atoms with E-state index in [2.05, 4.69) is 41.5 Å². The van der Waals surface area contributed by atoms with E-state index >= 15 is 0 Å². The molecule has 0 amide bonds. The third-order valence-electron chi connectivity index (χ3n) is 11.7. The normalized spacial score (nSPS) is 50.6. The second-order valence-corrected chi connectivity index (χ2v) is 13.6. The van der Waals surface area contributed by atoms with Gasteiger partial charge in [0.05, 0.1) is 11.7 Å². The fraction of sp³-hybridized carbons (Fsp3) is 1.00. The molecule has 0 radical (unpaired) electrons. The Labute approximate surface area is 193 Å². The third-order valence-corrected chi connectivity index (χ3v) is 11.7. The lowest BCUT2D eigenvalue weighted by molar-refractivity contribution is -0.220. The van der Waals surface area contributed by atoms with Crippen molar-refractivity contribution in [3.8, 4) is 0 Å². The third kappa shape index (κ3) is 3.94. The van der Waals surface area contributed by atoms with Crippen molar-refractivity contribution in [3.05, 3.63) is 0 Å². The Morgan fingerprint density at radius 2 is 1.58 bits per heavy atom. The molecule has 4 aliphatic rings. The van der Waals surface area contributed by atoms with Gasteiger partial charge in [0.25, 0.3) is 0 Å². The van der Waals surface area contributed by atoms with Crippen molar-refractivity contribution >= 4 is 0 Å². The fourth-order valence-electron chi connectivity index (χ4n) is 9.80. The Balaban J connectivity index is 1.58. The monoisotopic (exact) mass is 432 g/mol. The molecule has 0 aromatic heterocycles. The summed E-state index contributed by atoms with van der Waals surface area (Å²) in [4.78, 5) is 0. The van der Waals surface area contributed by atoms with Gasteiger partial charge in [0, 0.05) is 0 Å². The lowest BCUT2D eigenvalue weighted by Crippen LogP contribution is -2.63. The van der Waals surface area contributed by atoms with Crippen LogP contribution in [0.5, 0.6) is 0 Å². The predicted octanol–water partition coefficient (Wildman–Crippen LogP) is 7.22. The van der Waals surface area contributed by atoms with E-state index in [0.29, 0.717) is 34.5 Å². The van der Waals surface area contributed by atoms with Crippen LogP contribution >= 0.6 is 0 Å². The molecule has 0 aromatic carbocycles. The average Bonchev–Trinajstić information content (AvgIpc) is 3.06. The van der Waals surface area contributed by atoms with Crippen LogP contribution in [-0.4, -0.2) is 21.9 Å². The van der Waals surface area contributed by atoms with Gasteiger partial charge in [-0.15, -0.1) is 0 Å². The first-order chi connectivity index (χ1) is 14.5. The quantitative estimate of drug-likeness (QED) is 0.465. The van der Waals surface area contributed by atoms with Crippen molar-refractivity contribution < 1.29 is 10.2 Å². The summed E-state index contributed by atoms with van der Waals surface area (Å²) in [5.74, 6) is 4.79. The van der Waals surface area contributed by atoms with Crippen molar-refractivity contribution in [1.29, 1.82) is 0 Å². The van der Waals surface area contributed by atoms with E-state index in [4.69, 9.17) is 0 Å². The van der Waals surface area contributed by atoms with Gasteiger partial charge in [0.15, 0.2) is 0 Å². The highest BCUT2D eigenvalue weighted by Crippen LogP contribution is 2.70. The van der Waals surface area contributed by atoms with Gasteiger partial charge in [-0.25, -0.2) is 0 Å². The van der Waals surface area contributed by atoms with Gasteiger partial charge in [-0.1, -0.05) is 60.8 Å². The summed E-state index contributed by atoms with van der Waals surface area (Å²) >= 11 is 0. The van der Waals surface area contributed by atoms with Crippen LogP contribution in [0.25, 0.3) is 0 Å². The minimum absolute atomic E-state index is 0.146. The van der Waals surface area contributed by atoms with E-state index in [1.165, 1.54) is 44.9 Å². The summed E-state index contributed by atoms with van der Waals surface area (Å²) in [6, 6.07) is 0. The summed E-state index contributed by atoms with van der Waals surface area (Å²) < 4.78 is 0. The maximum absolute atomic E-state index is 12.1. The average molecular weight is 433 g/mol. The number of aliphatic hydroxyl groups is 2. The van der Waals surface area contributed by atoms with Crippen LogP contribution in [0.4, 0.5) is 0 Å². The minimum atomic E-state index is -0.520. The number of aliphatic hydroxyl groups excluding tert-OH is 1. The molecule has 0 aromatic rings. The molecule has 10 atom stereocenters. The summed E-state index contributed by atoms with van der Waals surface area (Å²) in [6.45, 7) is 14.6. The Hall–Kier alpha value is -0.0800. The Morgan fingerprint density at radius 1 is 0.903 bits per heavy atom. The zero-order chi connectivity index (χ0) is 22.6. The van der Waals surface area contributed by atoms with Crippen LogP contribution in [0.3, 0.4) is 0 Å². The zero-order valence-corrected chi connectivity index (χ0v) is 21.5. The summed E-state index contributed by atoms with van der Waals surface area (Å²) in [5.41, 5.74) is 0.223. The second kappa shape index (κ2) is 8.61. The Kier molecular flexibility index (Phi) is 6.68. The molecular formula is C29H52O2. The molecule has 31 heavy (non-hydrogen) atoms. The van der Waals surface area contributed by atoms with Gasteiger partial charge in [-0.2, -0.15) is 0 Å². The molecule has 2 N–H and O–H groups in total. The van der Waals surface area contributed by atoms with E-state index < -0.39 is 5.60 Å². The lowest BCUT2D eigenvalue weighted by atomic mass is 9.41. The lowest BCUT2D eigenvalue weighted by Gasteiger charge is -2.65. The highest BCUT2D eigenvalue weighted by molar-refractivity contribution is 5.15. The number of hydrogen-bond donors (Lipinski definition) is 2. The molecule has 0 saturated heterocycles. The van der Waals surface area contributed by atoms with Crippen molar-refractivity contribution in [2.24, 2.45) is 52.3 Å². The van der Waals surface area contributed by atoms with Crippen molar-refractivity contribution in [2.75, 3.05) is 0 Å². The molecule has 0 heterocycles. The molecule has 2 nitrogen and oxygen atoms in total. The second-order valence-electron chi connectivity index (χ2n) is 13.6. The summed E-state index contributed by atoms with van der Waals surface area (Å²) in [6.07, 6.45) is 14.2. The molecular weight excluding hydrogens is 380 g/mol. The van der Waals surface area contributed by atoms with Crippen molar-refractivity contribution in [1.82, 2.24) is 0 Å². The van der Waals surface area contributed by atoms with E-state index in [-0.39, 0.29) is 6.10 Å². The maximum Gasteiger partial charge on any atom is 0.0681 e. The minimum Gasteiger partial charge on any atom is -0.393 e. The van der Waals surface area contributed by atoms with Crippen LogP contribution in [0.15, 0.2) is 0 Å². The van der Waals surface area contributed by atoms with E-state index in [1.807, 2.05) is 0 Å². The molecule has 4 saturated carbocycles. The molecule has 4 aliphatic carbocycles. The van der Waals surface area contributed by atoms with Gasteiger partial charge >= 0.3 is 0 Å². The molecule has 4 fully saturated rings.